The van der Waals surface area contributed by atoms with Gasteiger partial charge in [-0.2, -0.15) is 0 Å². The van der Waals surface area contributed by atoms with Crippen LogP contribution in [0.15, 0.2) is 0 Å². The highest BCUT2D eigenvalue weighted by atomic mass is 16.3. The molecule has 2 N–H and O–H groups in total. The summed E-state index contributed by atoms with van der Waals surface area (Å²) in [6.07, 6.45) is 11.1. The van der Waals surface area contributed by atoms with E-state index in [-0.39, 0.29) is 6.61 Å². The van der Waals surface area contributed by atoms with Crippen molar-refractivity contribution in [3.05, 3.63) is 0 Å². The van der Waals surface area contributed by atoms with Crippen molar-refractivity contribution in [1.29, 1.82) is 0 Å². The van der Waals surface area contributed by atoms with E-state index in [4.69, 9.17) is 5.11 Å². The van der Waals surface area contributed by atoms with Crippen molar-refractivity contribution in [3.63, 3.8) is 0 Å². The van der Waals surface area contributed by atoms with E-state index in [1.54, 1.807) is 0 Å². The predicted octanol–water partition coefficient (Wildman–Crippen LogP) is 3.45. The molecule has 0 aromatic rings. The Hall–Kier alpha value is -0.850. The molecular formula is C18H33NO2. The molecule has 122 valence electrons. The van der Waals surface area contributed by atoms with Gasteiger partial charge in [-0.25, -0.2) is 0 Å². The van der Waals surface area contributed by atoms with Crippen LogP contribution in [0, 0.1) is 11.8 Å². The van der Waals surface area contributed by atoms with E-state index in [0.29, 0.717) is 25.2 Å². The van der Waals surface area contributed by atoms with Gasteiger partial charge in [0.2, 0.25) is 0 Å². The van der Waals surface area contributed by atoms with Crippen molar-refractivity contribution in [2.24, 2.45) is 0 Å². The first kappa shape index (κ1) is 20.1. The SMILES string of the molecule is CCCCCC#CCCC(=O)CCCCCCNCCO. The lowest BCUT2D eigenvalue weighted by Gasteiger charge is -2.02. The zero-order chi connectivity index (χ0) is 15.6. The predicted molar refractivity (Wildman–Crippen MR) is 89.2 cm³/mol. The third-order valence-corrected chi connectivity index (χ3v) is 3.41. The molecular weight excluding hydrogens is 262 g/mol. The van der Waals surface area contributed by atoms with E-state index in [0.717, 1.165) is 45.1 Å². The molecule has 0 spiro atoms. The van der Waals surface area contributed by atoms with Crippen molar-refractivity contribution in [2.75, 3.05) is 19.7 Å². The Bertz CT molecular complexity index is 291. The molecule has 0 bridgehead atoms. The van der Waals surface area contributed by atoms with Crippen LogP contribution in [0.4, 0.5) is 0 Å². The van der Waals surface area contributed by atoms with Gasteiger partial charge in [0.1, 0.15) is 5.78 Å². The van der Waals surface area contributed by atoms with Crippen LogP contribution in [-0.2, 0) is 4.79 Å². The van der Waals surface area contributed by atoms with Crippen LogP contribution in [0.2, 0.25) is 0 Å². The quantitative estimate of drug-likeness (QED) is 0.381. The second-order valence-corrected chi connectivity index (χ2v) is 5.49. The first-order valence-corrected chi connectivity index (χ1v) is 8.60. The van der Waals surface area contributed by atoms with Crippen molar-refractivity contribution in [1.82, 2.24) is 5.32 Å². The van der Waals surface area contributed by atoms with E-state index in [9.17, 15) is 4.79 Å². The summed E-state index contributed by atoms with van der Waals surface area (Å²) in [6, 6.07) is 0. The number of hydrogen-bond acceptors (Lipinski definition) is 3. The molecule has 0 radical (unpaired) electrons. The minimum Gasteiger partial charge on any atom is -0.395 e. The summed E-state index contributed by atoms with van der Waals surface area (Å²) in [5.41, 5.74) is 0. The fourth-order valence-corrected chi connectivity index (χ4v) is 2.10. The van der Waals surface area contributed by atoms with Crippen LogP contribution in [0.5, 0.6) is 0 Å². The number of carbonyl (C=O) groups is 1. The highest BCUT2D eigenvalue weighted by molar-refractivity contribution is 5.78. The molecule has 0 atom stereocenters. The average Bonchev–Trinajstić information content (AvgIpc) is 2.49. The Balaban J connectivity index is 3.27. The van der Waals surface area contributed by atoms with E-state index in [2.05, 4.69) is 24.1 Å². The van der Waals surface area contributed by atoms with Crippen LogP contribution in [0.3, 0.4) is 0 Å². The maximum Gasteiger partial charge on any atom is 0.133 e. The number of ketones is 1. The van der Waals surface area contributed by atoms with E-state index in [1.165, 1.54) is 19.3 Å². The zero-order valence-corrected chi connectivity index (χ0v) is 13.8. The van der Waals surface area contributed by atoms with Gasteiger partial charge < -0.3 is 10.4 Å². The third kappa shape index (κ3) is 17.1. The molecule has 0 rings (SSSR count). The van der Waals surface area contributed by atoms with Gasteiger partial charge in [0.05, 0.1) is 6.61 Å². The van der Waals surface area contributed by atoms with E-state index in [1.807, 2.05) is 0 Å². The molecule has 0 aromatic heterocycles. The molecule has 0 fully saturated rings. The Morgan fingerprint density at radius 2 is 1.67 bits per heavy atom. The molecule has 0 saturated carbocycles. The van der Waals surface area contributed by atoms with Crippen molar-refractivity contribution in [2.45, 2.75) is 77.6 Å². The number of Topliss-reactive ketones (excluding diaryl/α,β-unsaturated/α-hetero) is 1. The number of nitrogens with one attached hydrogen (secondary N) is 1. The Kier molecular flexibility index (Phi) is 16.5. The standard InChI is InChI=1S/C18H33NO2/c1-2-3-4-5-6-7-10-13-18(21)14-11-8-9-12-15-19-16-17-20/h19-20H,2-5,8-17H2,1H3. The highest BCUT2D eigenvalue weighted by Crippen LogP contribution is 2.05. The average molecular weight is 295 g/mol. The minimum absolute atomic E-state index is 0.204. The van der Waals surface area contributed by atoms with Crippen LogP contribution in [0.1, 0.15) is 77.6 Å². The molecule has 3 heteroatoms. The van der Waals surface area contributed by atoms with Gasteiger partial charge in [-0.05, 0) is 25.8 Å². The van der Waals surface area contributed by atoms with Gasteiger partial charge in [-0.3, -0.25) is 4.79 Å². The van der Waals surface area contributed by atoms with Crippen LogP contribution in [0.25, 0.3) is 0 Å². The largest absolute Gasteiger partial charge is 0.395 e. The summed E-state index contributed by atoms with van der Waals surface area (Å²) in [5.74, 6) is 6.61. The summed E-state index contributed by atoms with van der Waals surface area (Å²) >= 11 is 0. The van der Waals surface area contributed by atoms with Gasteiger partial charge in [0, 0.05) is 32.2 Å². The molecule has 0 aliphatic rings. The summed E-state index contributed by atoms with van der Waals surface area (Å²) in [5, 5.41) is 11.8. The van der Waals surface area contributed by atoms with Crippen molar-refractivity contribution < 1.29 is 9.90 Å². The maximum atomic E-state index is 11.6. The summed E-state index contributed by atoms with van der Waals surface area (Å²) in [4.78, 5) is 11.6. The first-order chi connectivity index (χ1) is 10.3. The molecule has 21 heavy (non-hydrogen) atoms. The van der Waals surface area contributed by atoms with Gasteiger partial charge in [0.25, 0.3) is 0 Å². The van der Waals surface area contributed by atoms with Crippen LogP contribution in [-0.4, -0.2) is 30.6 Å². The molecule has 0 saturated heterocycles. The van der Waals surface area contributed by atoms with Crippen molar-refractivity contribution in [3.8, 4) is 11.8 Å². The topological polar surface area (TPSA) is 49.3 Å². The van der Waals surface area contributed by atoms with E-state index >= 15 is 0 Å². The molecule has 3 nitrogen and oxygen atoms in total. The smallest absolute Gasteiger partial charge is 0.133 e. The third-order valence-electron chi connectivity index (χ3n) is 3.41. The van der Waals surface area contributed by atoms with Gasteiger partial charge in [0.15, 0.2) is 0 Å². The second kappa shape index (κ2) is 17.2. The van der Waals surface area contributed by atoms with Gasteiger partial charge in [-0.1, -0.05) is 32.6 Å². The number of aliphatic hydroxyl groups is 1. The van der Waals surface area contributed by atoms with Crippen LogP contribution < -0.4 is 5.32 Å². The fraction of sp³-hybridized carbons (Fsp3) is 0.833. The summed E-state index contributed by atoms with van der Waals surface area (Å²) < 4.78 is 0. The van der Waals surface area contributed by atoms with Gasteiger partial charge >= 0.3 is 0 Å². The molecule has 0 aromatic carbocycles. The number of rotatable bonds is 14. The second-order valence-electron chi connectivity index (χ2n) is 5.49. The summed E-state index contributed by atoms with van der Waals surface area (Å²) in [7, 11) is 0. The highest BCUT2D eigenvalue weighted by Gasteiger charge is 2.00. The number of aliphatic hydroxyl groups excluding tert-OH is 1. The summed E-state index contributed by atoms with van der Waals surface area (Å²) in [6.45, 7) is 4.04. The minimum atomic E-state index is 0.204. The lowest BCUT2D eigenvalue weighted by molar-refractivity contribution is -0.119. The zero-order valence-electron chi connectivity index (χ0n) is 13.8. The Labute approximate surface area is 130 Å². The Morgan fingerprint density at radius 1 is 0.905 bits per heavy atom. The maximum absolute atomic E-state index is 11.6. The monoisotopic (exact) mass is 295 g/mol. The molecule has 0 heterocycles. The lowest BCUT2D eigenvalue weighted by atomic mass is 10.1. The number of hydrogen-bond donors (Lipinski definition) is 2. The molecule has 0 aliphatic heterocycles. The molecule has 0 unspecified atom stereocenters. The Morgan fingerprint density at radius 3 is 2.43 bits per heavy atom. The molecule has 0 aliphatic carbocycles. The number of unbranched alkanes of at least 4 members (excludes halogenated alkanes) is 6. The fourth-order valence-electron chi connectivity index (χ4n) is 2.10. The van der Waals surface area contributed by atoms with Crippen LogP contribution >= 0.6 is 0 Å². The first-order valence-electron chi connectivity index (χ1n) is 8.60. The molecule has 0 amide bonds. The van der Waals surface area contributed by atoms with Crippen molar-refractivity contribution >= 4 is 5.78 Å². The number of carbonyl (C=O) groups excluding carboxylic acids is 1. The normalized spacial score (nSPS) is 10.2. The van der Waals surface area contributed by atoms with E-state index < -0.39 is 0 Å². The van der Waals surface area contributed by atoms with Gasteiger partial charge in [-0.15, -0.1) is 11.8 Å². The lowest BCUT2D eigenvalue weighted by Crippen LogP contribution is -2.19.